The SMILES string of the molecule is O=C(O[CH-]c1ccccc1)c1ccc(F)cc1. The van der Waals surface area contributed by atoms with Crippen molar-refractivity contribution in [2.24, 2.45) is 0 Å². The molecule has 0 aliphatic rings. The molecule has 0 radical (unpaired) electrons. The Balaban J connectivity index is 1.96. The summed E-state index contributed by atoms with van der Waals surface area (Å²) < 4.78 is 17.6. The monoisotopic (exact) mass is 229 g/mol. The lowest BCUT2D eigenvalue weighted by atomic mass is 10.2. The number of carbonyl (C=O) groups is 1. The Morgan fingerprint density at radius 1 is 1.00 bits per heavy atom. The quantitative estimate of drug-likeness (QED) is 0.596. The average Bonchev–Trinajstić information content (AvgIpc) is 2.38. The van der Waals surface area contributed by atoms with Crippen LogP contribution >= 0.6 is 0 Å². The molecule has 0 unspecified atom stereocenters. The summed E-state index contributed by atoms with van der Waals surface area (Å²) in [6.45, 7) is 1.37. The highest BCUT2D eigenvalue weighted by Gasteiger charge is 2.04. The van der Waals surface area contributed by atoms with Crippen molar-refractivity contribution in [3.05, 3.63) is 78.1 Å². The van der Waals surface area contributed by atoms with Crippen molar-refractivity contribution in [3.8, 4) is 0 Å². The first-order valence-corrected chi connectivity index (χ1v) is 5.10. The van der Waals surface area contributed by atoms with E-state index in [1.54, 1.807) is 0 Å². The van der Waals surface area contributed by atoms with Crippen LogP contribution in [0.4, 0.5) is 4.39 Å². The van der Waals surface area contributed by atoms with Crippen molar-refractivity contribution in [1.82, 2.24) is 0 Å². The lowest BCUT2D eigenvalue weighted by molar-refractivity contribution is 0.0621. The van der Waals surface area contributed by atoms with E-state index in [1.807, 2.05) is 30.3 Å². The van der Waals surface area contributed by atoms with Gasteiger partial charge in [-0.1, -0.05) is 6.07 Å². The smallest absolute Gasteiger partial charge is 0.331 e. The average molecular weight is 229 g/mol. The van der Waals surface area contributed by atoms with Crippen LogP contribution in [0.1, 0.15) is 15.9 Å². The summed E-state index contributed by atoms with van der Waals surface area (Å²) in [6.07, 6.45) is 0. The third kappa shape index (κ3) is 3.08. The van der Waals surface area contributed by atoms with Crippen molar-refractivity contribution < 1.29 is 13.9 Å². The first-order chi connectivity index (χ1) is 8.25. The van der Waals surface area contributed by atoms with Crippen LogP contribution < -0.4 is 0 Å². The second kappa shape index (κ2) is 5.16. The highest BCUT2D eigenvalue weighted by molar-refractivity contribution is 5.89. The van der Waals surface area contributed by atoms with Crippen LogP contribution in [0.15, 0.2) is 54.6 Å². The Hall–Kier alpha value is -2.29. The summed E-state index contributed by atoms with van der Waals surface area (Å²) in [6, 6.07) is 14.4. The molecule has 0 saturated heterocycles. The maximum Gasteiger partial charge on any atom is 0.331 e. The standard InChI is InChI=1S/C14H10FO2/c15-13-8-6-12(7-9-13)14(16)17-10-11-4-2-1-3-5-11/h1-10H/q-1. The van der Waals surface area contributed by atoms with Crippen molar-refractivity contribution in [3.63, 3.8) is 0 Å². The molecule has 2 aromatic carbocycles. The lowest BCUT2D eigenvalue weighted by Gasteiger charge is -2.10. The van der Waals surface area contributed by atoms with Gasteiger partial charge in [-0.2, -0.15) is 17.7 Å². The number of halogens is 1. The van der Waals surface area contributed by atoms with Gasteiger partial charge >= 0.3 is 5.97 Å². The van der Waals surface area contributed by atoms with E-state index >= 15 is 0 Å². The van der Waals surface area contributed by atoms with Crippen LogP contribution in [0.25, 0.3) is 0 Å². The zero-order chi connectivity index (χ0) is 12.1. The van der Waals surface area contributed by atoms with Crippen LogP contribution in [0, 0.1) is 12.4 Å². The van der Waals surface area contributed by atoms with Crippen LogP contribution in [-0.4, -0.2) is 5.97 Å². The fourth-order valence-electron chi connectivity index (χ4n) is 1.31. The molecule has 2 nitrogen and oxygen atoms in total. The second-order valence-corrected chi connectivity index (χ2v) is 3.44. The maximum atomic E-state index is 12.6. The summed E-state index contributed by atoms with van der Waals surface area (Å²) in [5.74, 6) is -0.887. The topological polar surface area (TPSA) is 26.3 Å². The highest BCUT2D eigenvalue weighted by Crippen LogP contribution is 2.08. The summed E-state index contributed by atoms with van der Waals surface area (Å²) in [5.41, 5.74) is 1.11. The van der Waals surface area contributed by atoms with Crippen LogP contribution in [0.2, 0.25) is 0 Å². The summed E-state index contributed by atoms with van der Waals surface area (Å²) in [4.78, 5) is 11.6. The number of rotatable bonds is 3. The number of benzene rings is 2. The Bertz CT molecular complexity index is 491. The van der Waals surface area contributed by atoms with Gasteiger partial charge in [-0.3, -0.25) is 0 Å². The van der Waals surface area contributed by atoms with Gasteiger partial charge in [0, 0.05) is 0 Å². The molecule has 2 aromatic rings. The van der Waals surface area contributed by atoms with Crippen molar-refractivity contribution in [1.29, 1.82) is 0 Å². The molecule has 0 amide bonds. The minimum Gasteiger partial charge on any atom is -0.494 e. The first kappa shape index (κ1) is 11.2. The molecular weight excluding hydrogens is 219 g/mol. The number of hydrogen-bond donors (Lipinski definition) is 0. The molecule has 3 heteroatoms. The molecule has 17 heavy (non-hydrogen) atoms. The Morgan fingerprint density at radius 3 is 2.29 bits per heavy atom. The molecule has 86 valence electrons. The van der Waals surface area contributed by atoms with Gasteiger partial charge in [-0.25, -0.2) is 9.18 Å². The fraction of sp³-hybridized carbons (Fsp3) is 0. The number of ether oxygens (including phenoxy) is 1. The summed E-state index contributed by atoms with van der Waals surface area (Å²) >= 11 is 0. The largest absolute Gasteiger partial charge is 0.494 e. The molecule has 0 spiro atoms. The molecule has 2 rings (SSSR count). The van der Waals surface area contributed by atoms with Crippen molar-refractivity contribution in [2.45, 2.75) is 0 Å². The van der Waals surface area contributed by atoms with E-state index in [9.17, 15) is 9.18 Å². The fourth-order valence-corrected chi connectivity index (χ4v) is 1.31. The lowest BCUT2D eigenvalue weighted by Crippen LogP contribution is -2.03. The molecule has 0 heterocycles. The number of hydrogen-bond acceptors (Lipinski definition) is 2. The van der Waals surface area contributed by atoms with E-state index in [4.69, 9.17) is 4.74 Å². The van der Waals surface area contributed by atoms with Crippen molar-refractivity contribution in [2.75, 3.05) is 0 Å². The van der Waals surface area contributed by atoms with Crippen LogP contribution in [0.3, 0.4) is 0 Å². The predicted molar refractivity (Wildman–Crippen MR) is 61.7 cm³/mol. The number of esters is 1. The molecule has 0 aliphatic carbocycles. The number of carbonyl (C=O) groups excluding carboxylic acids is 1. The minimum absolute atomic E-state index is 0.318. The van der Waals surface area contributed by atoms with Gasteiger partial charge in [0.25, 0.3) is 0 Å². The molecular formula is C14H10FO2-. The molecule has 0 saturated carbocycles. The van der Waals surface area contributed by atoms with E-state index in [2.05, 4.69) is 0 Å². The summed E-state index contributed by atoms with van der Waals surface area (Å²) in [5, 5.41) is 0. The third-order valence-electron chi connectivity index (χ3n) is 2.18. The minimum atomic E-state index is -0.506. The third-order valence-corrected chi connectivity index (χ3v) is 2.18. The first-order valence-electron chi connectivity index (χ1n) is 5.10. The molecule has 0 N–H and O–H groups in total. The molecule has 0 atom stereocenters. The van der Waals surface area contributed by atoms with Gasteiger partial charge in [0.15, 0.2) is 0 Å². The van der Waals surface area contributed by atoms with Crippen LogP contribution in [0.5, 0.6) is 0 Å². The predicted octanol–water partition coefficient (Wildman–Crippen LogP) is 3.19. The Labute approximate surface area is 98.7 Å². The zero-order valence-electron chi connectivity index (χ0n) is 8.97. The van der Waals surface area contributed by atoms with E-state index in [0.29, 0.717) is 5.56 Å². The molecule has 0 fully saturated rings. The zero-order valence-corrected chi connectivity index (χ0v) is 8.97. The van der Waals surface area contributed by atoms with Gasteiger partial charge in [0.1, 0.15) is 5.82 Å². The maximum absolute atomic E-state index is 12.6. The van der Waals surface area contributed by atoms with Gasteiger partial charge < -0.3 is 4.74 Å². The van der Waals surface area contributed by atoms with Gasteiger partial charge in [0.05, 0.1) is 5.56 Å². The van der Waals surface area contributed by atoms with Crippen molar-refractivity contribution >= 4 is 5.97 Å². The summed E-state index contributed by atoms with van der Waals surface area (Å²) in [7, 11) is 0. The molecule has 0 bridgehead atoms. The van der Waals surface area contributed by atoms with E-state index in [1.165, 1.54) is 30.9 Å². The van der Waals surface area contributed by atoms with E-state index in [0.717, 1.165) is 5.56 Å². The Kier molecular flexibility index (Phi) is 3.40. The van der Waals surface area contributed by atoms with Gasteiger partial charge in [-0.05, 0) is 30.9 Å². The molecule has 0 aromatic heterocycles. The van der Waals surface area contributed by atoms with E-state index in [-0.39, 0.29) is 5.82 Å². The van der Waals surface area contributed by atoms with Gasteiger partial charge in [-0.15, -0.1) is 12.1 Å². The van der Waals surface area contributed by atoms with E-state index < -0.39 is 5.97 Å². The normalized spacial score (nSPS) is 9.71. The highest BCUT2D eigenvalue weighted by atomic mass is 19.1. The Morgan fingerprint density at radius 2 is 1.65 bits per heavy atom. The molecule has 0 aliphatic heterocycles. The second-order valence-electron chi connectivity index (χ2n) is 3.44. The van der Waals surface area contributed by atoms with Gasteiger partial charge in [0.2, 0.25) is 0 Å². The van der Waals surface area contributed by atoms with Crippen LogP contribution in [-0.2, 0) is 4.74 Å².